The van der Waals surface area contributed by atoms with Crippen LogP contribution in [0.3, 0.4) is 0 Å². The highest BCUT2D eigenvalue weighted by molar-refractivity contribution is 7.12. The summed E-state index contributed by atoms with van der Waals surface area (Å²) < 4.78 is 7.40. The Bertz CT molecular complexity index is 884. The molecule has 5 nitrogen and oxygen atoms in total. The van der Waals surface area contributed by atoms with Gasteiger partial charge in [0.05, 0.1) is 12.7 Å². The first-order chi connectivity index (χ1) is 12.0. The minimum atomic E-state index is -0.0122. The van der Waals surface area contributed by atoms with Gasteiger partial charge in [0.2, 0.25) is 0 Å². The van der Waals surface area contributed by atoms with E-state index in [1.807, 2.05) is 61.2 Å². The second kappa shape index (κ2) is 7.11. The fraction of sp³-hybridized carbons (Fsp3) is 0.263. The molecule has 0 aliphatic heterocycles. The van der Waals surface area contributed by atoms with Crippen molar-refractivity contribution < 1.29 is 9.53 Å². The summed E-state index contributed by atoms with van der Waals surface area (Å²) in [6, 6.07) is 9.68. The topological polar surface area (TPSA) is 47.4 Å². The summed E-state index contributed by atoms with van der Waals surface area (Å²) in [6.07, 6.45) is 1.77. The minimum absolute atomic E-state index is 0.0122. The van der Waals surface area contributed by atoms with Crippen molar-refractivity contribution >= 4 is 17.2 Å². The second-order valence-corrected chi connectivity index (χ2v) is 6.78. The third kappa shape index (κ3) is 3.30. The standard InChI is InChI=1S/C19H21N3O2S/c1-13-11-16(14(2)22(13)19-20-9-10-25-19)18(23)21(3)12-15-7-5-6-8-17(15)24-4/h5-11H,12H2,1-4H3. The molecule has 0 aliphatic rings. The van der Waals surface area contributed by atoms with Gasteiger partial charge < -0.3 is 9.64 Å². The monoisotopic (exact) mass is 355 g/mol. The molecule has 0 atom stereocenters. The molecule has 0 bridgehead atoms. The Labute approximate surface area is 151 Å². The molecule has 1 amide bonds. The van der Waals surface area contributed by atoms with Crippen molar-refractivity contribution in [1.82, 2.24) is 14.5 Å². The number of para-hydroxylation sites is 1. The van der Waals surface area contributed by atoms with Crippen LogP contribution in [0.1, 0.15) is 27.3 Å². The molecule has 2 heterocycles. The first-order valence-electron chi connectivity index (χ1n) is 7.99. The van der Waals surface area contributed by atoms with Gasteiger partial charge in [-0.05, 0) is 26.0 Å². The molecule has 0 radical (unpaired) electrons. The maximum Gasteiger partial charge on any atom is 0.255 e. The summed E-state index contributed by atoms with van der Waals surface area (Å²) in [4.78, 5) is 19.0. The molecule has 0 unspecified atom stereocenters. The van der Waals surface area contributed by atoms with Crippen molar-refractivity contribution in [2.75, 3.05) is 14.2 Å². The van der Waals surface area contributed by atoms with Crippen molar-refractivity contribution in [3.8, 4) is 10.9 Å². The number of rotatable bonds is 5. The molecule has 2 aromatic heterocycles. The smallest absolute Gasteiger partial charge is 0.255 e. The Kier molecular flexibility index (Phi) is 4.90. The lowest BCUT2D eigenvalue weighted by molar-refractivity contribution is 0.0783. The lowest BCUT2D eigenvalue weighted by Gasteiger charge is -2.19. The number of aromatic nitrogens is 2. The summed E-state index contributed by atoms with van der Waals surface area (Å²) in [5, 5.41) is 2.81. The van der Waals surface area contributed by atoms with Crippen LogP contribution in [0, 0.1) is 13.8 Å². The van der Waals surface area contributed by atoms with Gasteiger partial charge >= 0.3 is 0 Å². The number of thiazole rings is 1. The van der Waals surface area contributed by atoms with E-state index in [1.54, 1.807) is 29.5 Å². The van der Waals surface area contributed by atoms with Crippen molar-refractivity contribution in [1.29, 1.82) is 0 Å². The van der Waals surface area contributed by atoms with Gasteiger partial charge in [0.15, 0.2) is 5.13 Å². The third-order valence-electron chi connectivity index (χ3n) is 4.22. The van der Waals surface area contributed by atoms with Crippen LogP contribution < -0.4 is 4.74 Å². The average molecular weight is 355 g/mol. The van der Waals surface area contributed by atoms with E-state index < -0.39 is 0 Å². The van der Waals surface area contributed by atoms with Crippen molar-refractivity contribution in [3.05, 3.63) is 64.4 Å². The fourth-order valence-electron chi connectivity index (χ4n) is 2.97. The highest BCUT2D eigenvalue weighted by Gasteiger charge is 2.21. The highest BCUT2D eigenvalue weighted by atomic mass is 32.1. The summed E-state index contributed by atoms with van der Waals surface area (Å²) in [7, 11) is 3.45. The molecule has 0 N–H and O–H groups in total. The lowest BCUT2D eigenvalue weighted by Crippen LogP contribution is -2.26. The number of aryl methyl sites for hydroxylation is 1. The van der Waals surface area contributed by atoms with E-state index in [1.165, 1.54) is 0 Å². The average Bonchev–Trinajstić information content (AvgIpc) is 3.22. The zero-order valence-electron chi connectivity index (χ0n) is 14.8. The number of nitrogens with zero attached hydrogens (tertiary/aromatic N) is 3. The van der Waals surface area contributed by atoms with Gasteiger partial charge in [-0.3, -0.25) is 9.36 Å². The largest absolute Gasteiger partial charge is 0.496 e. The first-order valence-corrected chi connectivity index (χ1v) is 8.87. The number of ether oxygens (including phenoxy) is 1. The Balaban J connectivity index is 1.87. The van der Waals surface area contributed by atoms with Gasteiger partial charge in [0.1, 0.15) is 5.75 Å². The van der Waals surface area contributed by atoms with E-state index >= 15 is 0 Å². The van der Waals surface area contributed by atoms with Gasteiger partial charge in [0, 0.05) is 42.1 Å². The molecule has 0 fully saturated rings. The van der Waals surface area contributed by atoms with Crippen LogP contribution in [0.4, 0.5) is 0 Å². The van der Waals surface area contributed by atoms with E-state index in [-0.39, 0.29) is 5.91 Å². The number of carbonyl (C=O) groups is 1. The number of carbonyl (C=O) groups excluding carboxylic acids is 1. The molecule has 3 rings (SSSR count). The number of amides is 1. The highest BCUT2D eigenvalue weighted by Crippen LogP contribution is 2.24. The van der Waals surface area contributed by atoms with Crippen LogP contribution in [-0.4, -0.2) is 34.5 Å². The number of hydrogen-bond acceptors (Lipinski definition) is 4. The third-order valence-corrected chi connectivity index (χ3v) is 4.98. The molecule has 0 spiro atoms. The normalized spacial score (nSPS) is 10.7. The van der Waals surface area contributed by atoms with Crippen LogP contribution in [-0.2, 0) is 6.54 Å². The zero-order valence-corrected chi connectivity index (χ0v) is 15.6. The van der Waals surface area contributed by atoms with Gasteiger partial charge in [-0.2, -0.15) is 0 Å². The molecular formula is C19H21N3O2S. The Morgan fingerprint density at radius 2 is 2.08 bits per heavy atom. The maximum atomic E-state index is 13.0. The Morgan fingerprint density at radius 3 is 2.76 bits per heavy atom. The second-order valence-electron chi connectivity index (χ2n) is 5.91. The molecule has 6 heteroatoms. The van der Waals surface area contributed by atoms with Crippen LogP contribution >= 0.6 is 11.3 Å². The van der Waals surface area contributed by atoms with Crippen molar-refractivity contribution in [3.63, 3.8) is 0 Å². The van der Waals surface area contributed by atoms with Crippen molar-refractivity contribution in [2.45, 2.75) is 20.4 Å². The SMILES string of the molecule is COc1ccccc1CN(C)C(=O)c1cc(C)n(-c2nccs2)c1C. The molecule has 0 saturated heterocycles. The fourth-order valence-corrected chi connectivity index (χ4v) is 3.72. The number of methoxy groups -OCH3 is 1. The summed E-state index contributed by atoms with van der Waals surface area (Å²) in [5.74, 6) is 0.775. The zero-order chi connectivity index (χ0) is 18.0. The van der Waals surface area contributed by atoms with E-state index in [4.69, 9.17) is 4.74 Å². The van der Waals surface area contributed by atoms with Crippen molar-refractivity contribution in [2.24, 2.45) is 0 Å². The van der Waals surface area contributed by atoms with E-state index in [0.717, 1.165) is 27.8 Å². The van der Waals surface area contributed by atoms with Crippen LogP contribution in [0.25, 0.3) is 5.13 Å². The molecular weight excluding hydrogens is 334 g/mol. The lowest BCUT2D eigenvalue weighted by atomic mass is 10.1. The van der Waals surface area contributed by atoms with Crippen LogP contribution in [0.15, 0.2) is 41.9 Å². The Morgan fingerprint density at radius 1 is 1.32 bits per heavy atom. The van der Waals surface area contributed by atoms with E-state index in [9.17, 15) is 4.79 Å². The van der Waals surface area contributed by atoms with Gasteiger partial charge in [0.25, 0.3) is 5.91 Å². The molecule has 0 saturated carbocycles. The molecule has 25 heavy (non-hydrogen) atoms. The summed E-state index contributed by atoms with van der Waals surface area (Å²) >= 11 is 1.56. The molecule has 130 valence electrons. The first kappa shape index (κ1) is 17.2. The number of hydrogen-bond donors (Lipinski definition) is 0. The van der Waals surface area contributed by atoms with Gasteiger partial charge in [-0.25, -0.2) is 4.98 Å². The summed E-state index contributed by atoms with van der Waals surface area (Å²) in [6.45, 7) is 4.44. The molecule has 1 aromatic carbocycles. The maximum absolute atomic E-state index is 13.0. The predicted octanol–water partition coefficient (Wildman–Crippen LogP) is 3.83. The van der Waals surface area contributed by atoms with Gasteiger partial charge in [-0.1, -0.05) is 18.2 Å². The minimum Gasteiger partial charge on any atom is -0.496 e. The number of benzene rings is 1. The predicted molar refractivity (Wildman–Crippen MR) is 99.7 cm³/mol. The van der Waals surface area contributed by atoms with Crippen LogP contribution in [0.2, 0.25) is 0 Å². The quantitative estimate of drug-likeness (QED) is 0.699. The van der Waals surface area contributed by atoms with Gasteiger partial charge in [-0.15, -0.1) is 11.3 Å². The Hall–Kier alpha value is -2.60. The molecule has 3 aromatic rings. The van der Waals surface area contributed by atoms with E-state index in [0.29, 0.717) is 12.1 Å². The summed E-state index contributed by atoms with van der Waals surface area (Å²) in [5.41, 5.74) is 3.59. The van der Waals surface area contributed by atoms with E-state index in [2.05, 4.69) is 4.98 Å². The molecule has 0 aliphatic carbocycles. The van der Waals surface area contributed by atoms with Crippen LogP contribution in [0.5, 0.6) is 5.75 Å².